The Hall–Kier alpha value is -0.770. The Morgan fingerprint density at radius 3 is 2.56 bits per heavy atom. The van der Waals surface area contributed by atoms with Crippen molar-refractivity contribution in [1.29, 1.82) is 0 Å². The van der Waals surface area contributed by atoms with Crippen molar-refractivity contribution in [3.05, 3.63) is 16.7 Å². The van der Waals surface area contributed by atoms with E-state index in [0.29, 0.717) is 11.5 Å². The standard InChI is InChI=1S/C5H6BrN3/c6-3-1-4(7)5(8)9-2-3/h1-2H,7H2,(H2,8,9)/p+1. The van der Waals surface area contributed by atoms with Crippen LogP contribution in [0.15, 0.2) is 16.7 Å². The predicted molar refractivity (Wildman–Crippen MR) is 39.5 cm³/mol. The first-order chi connectivity index (χ1) is 4.20. The Bertz CT molecular complexity index is 223. The second-order valence-corrected chi connectivity index (χ2v) is 2.60. The van der Waals surface area contributed by atoms with Crippen molar-refractivity contribution in [3.8, 4) is 0 Å². The van der Waals surface area contributed by atoms with Crippen LogP contribution in [-0.2, 0) is 0 Å². The molecule has 1 heterocycles. The van der Waals surface area contributed by atoms with Gasteiger partial charge in [-0.15, -0.1) is 0 Å². The third-order valence-electron chi connectivity index (χ3n) is 0.970. The summed E-state index contributed by atoms with van der Waals surface area (Å²) in [6.45, 7) is 0. The smallest absolute Gasteiger partial charge is 0.293 e. The number of H-pyrrole nitrogens is 1. The number of aromatic nitrogens is 1. The van der Waals surface area contributed by atoms with Crippen molar-refractivity contribution in [1.82, 2.24) is 0 Å². The summed E-state index contributed by atoms with van der Waals surface area (Å²) in [5.41, 5.74) is 11.4. The summed E-state index contributed by atoms with van der Waals surface area (Å²) in [6.07, 6.45) is 1.73. The Labute approximate surface area is 61.2 Å². The van der Waals surface area contributed by atoms with Gasteiger partial charge < -0.3 is 5.73 Å². The van der Waals surface area contributed by atoms with Crippen LogP contribution in [0.5, 0.6) is 0 Å². The molecule has 0 radical (unpaired) electrons. The number of hydrogen-bond acceptors (Lipinski definition) is 2. The molecule has 0 atom stereocenters. The molecule has 0 aromatic carbocycles. The zero-order valence-corrected chi connectivity index (χ0v) is 6.27. The van der Waals surface area contributed by atoms with Gasteiger partial charge in [-0.1, -0.05) is 0 Å². The normalized spacial score (nSPS) is 9.44. The molecule has 0 saturated heterocycles. The number of nitrogens with two attached hydrogens (primary N) is 2. The molecule has 1 rings (SSSR count). The quantitative estimate of drug-likeness (QED) is 0.621. The second kappa shape index (κ2) is 2.23. The molecule has 48 valence electrons. The second-order valence-electron chi connectivity index (χ2n) is 1.69. The largest absolute Gasteiger partial charge is 0.392 e. The summed E-state index contributed by atoms with van der Waals surface area (Å²) >= 11 is 3.23. The molecule has 0 unspecified atom stereocenters. The Kier molecular flexibility index (Phi) is 1.57. The van der Waals surface area contributed by atoms with Gasteiger partial charge in [0.05, 0.1) is 4.47 Å². The van der Waals surface area contributed by atoms with E-state index in [9.17, 15) is 0 Å². The van der Waals surface area contributed by atoms with Crippen LogP contribution in [0, 0.1) is 0 Å². The summed E-state index contributed by atoms with van der Waals surface area (Å²) in [4.78, 5) is 2.77. The topological polar surface area (TPSA) is 66.2 Å². The molecule has 3 nitrogen and oxygen atoms in total. The van der Waals surface area contributed by atoms with Crippen LogP contribution in [0.3, 0.4) is 0 Å². The lowest BCUT2D eigenvalue weighted by Gasteiger charge is -1.91. The Morgan fingerprint density at radius 2 is 2.11 bits per heavy atom. The minimum atomic E-state index is 0.498. The number of anilines is 2. The number of nitrogens with one attached hydrogen (secondary N) is 1. The Morgan fingerprint density at radius 1 is 1.44 bits per heavy atom. The number of aromatic amines is 1. The van der Waals surface area contributed by atoms with Crippen LogP contribution in [0.4, 0.5) is 11.5 Å². The Balaban J connectivity index is 3.17. The molecule has 9 heavy (non-hydrogen) atoms. The van der Waals surface area contributed by atoms with Crippen molar-refractivity contribution < 1.29 is 4.98 Å². The highest BCUT2D eigenvalue weighted by atomic mass is 79.9. The summed E-state index contributed by atoms with van der Waals surface area (Å²) in [7, 11) is 0. The van der Waals surface area contributed by atoms with E-state index in [1.54, 1.807) is 12.3 Å². The first-order valence-corrected chi connectivity index (χ1v) is 3.21. The molecule has 0 bridgehead atoms. The lowest BCUT2D eigenvalue weighted by Crippen LogP contribution is -2.11. The van der Waals surface area contributed by atoms with E-state index in [-0.39, 0.29) is 0 Å². The molecule has 0 amide bonds. The first kappa shape index (κ1) is 6.35. The van der Waals surface area contributed by atoms with E-state index in [1.165, 1.54) is 0 Å². The van der Waals surface area contributed by atoms with Crippen molar-refractivity contribution in [2.75, 3.05) is 11.5 Å². The SMILES string of the molecule is Nc1cc(Br)c[nH+]c1N. The number of halogens is 1. The highest BCUT2D eigenvalue weighted by molar-refractivity contribution is 9.10. The van der Waals surface area contributed by atoms with Crippen LogP contribution in [-0.4, -0.2) is 0 Å². The van der Waals surface area contributed by atoms with Crippen molar-refractivity contribution in [2.45, 2.75) is 0 Å². The summed E-state index contributed by atoms with van der Waals surface area (Å²) < 4.78 is 0.897. The third kappa shape index (κ3) is 1.32. The molecule has 0 aliphatic rings. The minimum absolute atomic E-state index is 0.498. The number of nitrogen functional groups attached to an aromatic ring is 2. The molecular weight excluding hydrogens is 182 g/mol. The van der Waals surface area contributed by atoms with Gasteiger partial charge in [0.25, 0.3) is 5.82 Å². The molecule has 1 aromatic heterocycles. The molecule has 0 aliphatic heterocycles. The number of rotatable bonds is 0. The van der Waals surface area contributed by atoms with E-state index in [0.717, 1.165) is 4.47 Å². The van der Waals surface area contributed by atoms with Gasteiger partial charge in [0, 0.05) is 0 Å². The van der Waals surface area contributed by atoms with E-state index >= 15 is 0 Å². The van der Waals surface area contributed by atoms with Gasteiger partial charge in [-0.25, -0.2) is 4.98 Å². The van der Waals surface area contributed by atoms with E-state index < -0.39 is 0 Å². The van der Waals surface area contributed by atoms with Gasteiger partial charge in [0.2, 0.25) is 0 Å². The van der Waals surface area contributed by atoms with Crippen molar-refractivity contribution in [2.24, 2.45) is 0 Å². The molecule has 0 saturated carbocycles. The lowest BCUT2D eigenvalue weighted by atomic mass is 10.4. The van der Waals surface area contributed by atoms with E-state index in [4.69, 9.17) is 11.5 Å². The van der Waals surface area contributed by atoms with Gasteiger partial charge >= 0.3 is 0 Å². The molecule has 5 N–H and O–H groups in total. The molecular formula is C5H7BrN3+. The van der Waals surface area contributed by atoms with E-state index in [1.807, 2.05) is 0 Å². The maximum Gasteiger partial charge on any atom is 0.293 e. The molecule has 0 aliphatic carbocycles. The van der Waals surface area contributed by atoms with Crippen LogP contribution < -0.4 is 16.5 Å². The van der Waals surface area contributed by atoms with Crippen LogP contribution in [0.1, 0.15) is 0 Å². The number of hydrogen-bond donors (Lipinski definition) is 2. The number of pyridine rings is 1. The van der Waals surface area contributed by atoms with Crippen LogP contribution in [0.25, 0.3) is 0 Å². The average Bonchev–Trinajstić information content (AvgIpc) is 1.80. The van der Waals surface area contributed by atoms with Gasteiger partial charge in [-0.3, -0.25) is 5.73 Å². The van der Waals surface area contributed by atoms with Crippen molar-refractivity contribution in [3.63, 3.8) is 0 Å². The van der Waals surface area contributed by atoms with Crippen LogP contribution >= 0.6 is 15.9 Å². The van der Waals surface area contributed by atoms with Gasteiger partial charge in [-0.05, 0) is 22.0 Å². The minimum Gasteiger partial charge on any atom is -0.392 e. The third-order valence-corrected chi connectivity index (χ3v) is 1.43. The monoisotopic (exact) mass is 188 g/mol. The average molecular weight is 189 g/mol. The molecule has 1 aromatic rings. The van der Waals surface area contributed by atoms with Gasteiger partial charge in [-0.2, -0.15) is 0 Å². The zero-order valence-electron chi connectivity index (χ0n) is 4.69. The van der Waals surface area contributed by atoms with E-state index in [2.05, 4.69) is 20.9 Å². The fourth-order valence-electron chi connectivity index (χ4n) is 0.498. The zero-order chi connectivity index (χ0) is 6.85. The first-order valence-electron chi connectivity index (χ1n) is 2.42. The van der Waals surface area contributed by atoms with Gasteiger partial charge in [0.15, 0.2) is 0 Å². The maximum absolute atomic E-state index is 5.43. The molecule has 0 spiro atoms. The fourth-order valence-corrected chi connectivity index (χ4v) is 0.859. The summed E-state index contributed by atoms with van der Waals surface area (Å²) in [6, 6.07) is 1.74. The van der Waals surface area contributed by atoms with Crippen molar-refractivity contribution >= 4 is 27.4 Å². The van der Waals surface area contributed by atoms with Crippen LogP contribution in [0.2, 0.25) is 0 Å². The van der Waals surface area contributed by atoms with Gasteiger partial charge in [0.1, 0.15) is 11.9 Å². The lowest BCUT2D eigenvalue weighted by molar-refractivity contribution is -0.360. The molecule has 0 fully saturated rings. The molecule has 4 heteroatoms. The highest BCUT2D eigenvalue weighted by Gasteiger charge is 1.99. The maximum atomic E-state index is 5.43. The highest BCUT2D eigenvalue weighted by Crippen LogP contribution is 2.13. The summed E-state index contributed by atoms with van der Waals surface area (Å²) in [5, 5.41) is 0. The summed E-state index contributed by atoms with van der Waals surface area (Å²) in [5.74, 6) is 0.498. The fraction of sp³-hybridized carbons (Fsp3) is 0. The predicted octanol–water partition coefficient (Wildman–Crippen LogP) is 0.428.